The van der Waals surface area contributed by atoms with Crippen molar-refractivity contribution < 1.29 is 13.9 Å². The number of thioether (sulfide) groups is 1. The van der Waals surface area contributed by atoms with Crippen LogP contribution in [0.1, 0.15) is 5.56 Å². The monoisotopic (exact) mass is 401 g/mol. The van der Waals surface area contributed by atoms with Crippen LogP contribution in [0.2, 0.25) is 0 Å². The maximum absolute atomic E-state index is 12.9. The highest BCUT2D eigenvalue weighted by Crippen LogP contribution is 2.29. The number of rotatable bonds is 8. The van der Waals surface area contributed by atoms with Gasteiger partial charge in [-0.2, -0.15) is 0 Å². The molecule has 3 rings (SSSR count). The zero-order valence-electron chi connectivity index (χ0n) is 15.3. The second-order valence-corrected chi connectivity index (χ2v) is 6.83. The number of ether oxygens (including phenoxy) is 1. The van der Waals surface area contributed by atoms with Gasteiger partial charge in [-0.3, -0.25) is 4.79 Å². The summed E-state index contributed by atoms with van der Waals surface area (Å²) in [5, 5.41) is 11.4. The minimum absolute atomic E-state index is 0.144. The Hall–Kier alpha value is -3.07. The molecule has 1 heterocycles. The lowest BCUT2D eigenvalue weighted by molar-refractivity contribution is -0.118. The molecule has 0 aliphatic heterocycles. The SMILES string of the molecule is COc1ccccc1-c1nnc(SCC(=O)NCCc2ccc(F)cc2)n1N. The highest BCUT2D eigenvalue weighted by molar-refractivity contribution is 7.99. The number of benzene rings is 2. The molecular formula is C19H20FN5O2S. The maximum Gasteiger partial charge on any atom is 0.230 e. The molecule has 7 nitrogen and oxygen atoms in total. The zero-order chi connectivity index (χ0) is 19.9. The number of hydrogen-bond donors (Lipinski definition) is 2. The number of hydrogen-bond acceptors (Lipinski definition) is 6. The molecule has 0 aliphatic rings. The van der Waals surface area contributed by atoms with Crippen molar-refractivity contribution in [1.82, 2.24) is 20.2 Å². The third kappa shape index (κ3) is 4.80. The van der Waals surface area contributed by atoms with Gasteiger partial charge in [-0.1, -0.05) is 36.0 Å². The first-order valence-corrected chi connectivity index (χ1v) is 9.55. The molecule has 3 N–H and O–H groups in total. The van der Waals surface area contributed by atoms with Gasteiger partial charge in [0.2, 0.25) is 11.1 Å². The van der Waals surface area contributed by atoms with Crippen molar-refractivity contribution in [3.8, 4) is 17.1 Å². The van der Waals surface area contributed by atoms with Crippen LogP contribution >= 0.6 is 11.8 Å². The van der Waals surface area contributed by atoms with Gasteiger partial charge in [0.1, 0.15) is 11.6 Å². The smallest absolute Gasteiger partial charge is 0.230 e. The molecule has 0 radical (unpaired) electrons. The van der Waals surface area contributed by atoms with Crippen LogP contribution in [-0.2, 0) is 11.2 Å². The van der Waals surface area contributed by atoms with E-state index in [-0.39, 0.29) is 17.5 Å². The summed E-state index contributed by atoms with van der Waals surface area (Å²) in [6.45, 7) is 0.465. The lowest BCUT2D eigenvalue weighted by Crippen LogP contribution is -2.27. The first-order valence-electron chi connectivity index (χ1n) is 8.56. The van der Waals surface area contributed by atoms with Gasteiger partial charge < -0.3 is 15.9 Å². The Morgan fingerprint density at radius 1 is 1.21 bits per heavy atom. The lowest BCUT2D eigenvalue weighted by Gasteiger charge is -2.08. The fourth-order valence-corrected chi connectivity index (χ4v) is 3.25. The van der Waals surface area contributed by atoms with Crippen LogP contribution in [0.3, 0.4) is 0 Å². The van der Waals surface area contributed by atoms with Crippen molar-refractivity contribution in [2.45, 2.75) is 11.6 Å². The standard InChI is InChI=1S/C19H20FN5O2S/c1-27-16-5-3-2-4-15(16)18-23-24-19(25(18)21)28-12-17(26)22-11-10-13-6-8-14(20)9-7-13/h2-9H,10-12,21H2,1H3,(H,22,26). The summed E-state index contributed by atoms with van der Waals surface area (Å²) in [5.41, 5.74) is 1.67. The average molecular weight is 401 g/mol. The van der Waals surface area contributed by atoms with E-state index in [0.29, 0.717) is 29.7 Å². The Morgan fingerprint density at radius 3 is 2.71 bits per heavy atom. The van der Waals surface area contributed by atoms with Gasteiger partial charge in [0.15, 0.2) is 5.82 Å². The Morgan fingerprint density at radius 2 is 1.96 bits per heavy atom. The molecule has 0 spiro atoms. The van der Waals surface area contributed by atoms with Crippen molar-refractivity contribution in [1.29, 1.82) is 0 Å². The van der Waals surface area contributed by atoms with E-state index in [4.69, 9.17) is 10.6 Å². The van der Waals surface area contributed by atoms with Gasteiger partial charge in [0, 0.05) is 6.54 Å². The number of nitrogen functional groups attached to an aromatic ring is 1. The van der Waals surface area contributed by atoms with Crippen molar-refractivity contribution in [2.24, 2.45) is 0 Å². The van der Waals surface area contributed by atoms with Crippen LogP contribution in [0, 0.1) is 5.82 Å². The van der Waals surface area contributed by atoms with E-state index in [0.717, 1.165) is 11.1 Å². The van der Waals surface area contributed by atoms with E-state index in [1.165, 1.54) is 28.6 Å². The molecule has 146 valence electrons. The van der Waals surface area contributed by atoms with Crippen LogP contribution in [0.15, 0.2) is 53.7 Å². The molecule has 3 aromatic rings. The molecule has 2 aromatic carbocycles. The number of methoxy groups -OCH3 is 1. The zero-order valence-corrected chi connectivity index (χ0v) is 16.1. The summed E-state index contributed by atoms with van der Waals surface area (Å²) >= 11 is 1.19. The van der Waals surface area contributed by atoms with E-state index in [1.54, 1.807) is 19.2 Å². The number of halogens is 1. The largest absolute Gasteiger partial charge is 0.496 e. The van der Waals surface area contributed by atoms with Gasteiger partial charge in [-0.05, 0) is 36.2 Å². The fourth-order valence-electron chi connectivity index (χ4n) is 2.57. The molecular weight excluding hydrogens is 381 g/mol. The quantitative estimate of drug-likeness (QED) is 0.444. The maximum atomic E-state index is 12.9. The van der Waals surface area contributed by atoms with E-state index in [9.17, 15) is 9.18 Å². The number of carbonyl (C=O) groups excluding carboxylic acids is 1. The molecule has 0 saturated carbocycles. The van der Waals surface area contributed by atoms with Gasteiger partial charge in [0.25, 0.3) is 0 Å². The molecule has 0 unspecified atom stereocenters. The van der Waals surface area contributed by atoms with E-state index < -0.39 is 0 Å². The van der Waals surface area contributed by atoms with Crippen LogP contribution in [0.25, 0.3) is 11.4 Å². The fraction of sp³-hybridized carbons (Fsp3) is 0.211. The summed E-state index contributed by atoms with van der Waals surface area (Å²) < 4.78 is 19.5. The summed E-state index contributed by atoms with van der Waals surface area (Å²) in [6.07, 6.45) is 0.627. The second-order valence-electron chi connectivity index (χ2n) is 5.89. The van der Waals surface area contributed by atoms with Crippen molar-refractivity contribution in [2.75, 3.05) is 25.3 Å². The topological polar surface area (TPSA) is 95.1 Å². The number of para-hydroxylation sites is 1. The van der Waals surface area contributed by atoms with E-state index >= 15 is 0 Å². The van der Waals surface area contributed by atoms with Gasteiger partial charge in [-0.25, -0.2) is 9.07 Å². The van der Waals surface area contributed by atoms with Crippen molar-refractivity contribution >= 4 is 17.7 Å². The van der Waals surface area contributed by atoms with E-state index in [1.807, 2.05) is 24.3 Å². The number of nitrogens with two attached hydrogens (primary N) is 1. The third-order valence-electron chi connectivity index (χ3n) is 3.99. The van der Waals surface area contributed by atoms with Crippen molar-refractivity contribution in [3.05, 3.63) is 59.9 Å². The minimum atomic E-state index is -0.275. The highest BCUT2D eigenvalue weighted by atomic mass is 32.2. The number of nitrogens with one attached hydrogen (secondary N) is 1. The Kier molecular flexibility index (Phi) is 6.49. The molecule has 9 heteroatoms. The summed E-state index contributed by atoms with van der Waals surface area (Å²) in [7, 11) is 1.57. The van der Waals surface area contributed by atoms with Gasteiger partial charge in [-0.15, -0.1) is 10.2 Å². The Bertz CT molecular complexity index is 946. The Labute approximate surface area is 166 Å². The van der Waals surface area contributed by atoms with Crippen LogP contribution in [-0.4, -0.2) is 40.2 Å². The second kappa shape index (κ2) is 9.23. The third-order valence-corrected chi connectivity index (χ3v) is 4.94. The Balaban J connectivity index is 1.52. The van der Waals surface area contributed by atoms with Crippen molar-refractivity contribution in [3.63, 3.8) is 0 Å². The lowest BCUT2D eigenvalue weighted by atomic mass is 10.1. The summed E-state index contributed by atoms with van der Waals surface area (Å²) in [4.78, 5) is 12.0. The first-order chi connectivity index (χ1) is 13.6. The first kappa shape index (κ1) is 19.7. The molecule has 0 fully saturated rings. The average Bonchev–Trinajstić information content (AvgIpc) is 3.08. The van der Waals surface area contributed by atoms with Crippen LogP contribution in [0.4, 0.5) is 4.39 Å². The highest BCUT2D eigenvalue weighted by Gasteiger charge is 2.16. The van der Waals surface area contributed by atoms with Gasteiger partial charge >= 0.3 is 0 Å². The summed E-state index contributed by atoms with van der Waals surface area (Å²) in [6, 6.07) is 13.6. The summed E-state index contributed by atoms with van der Waals surface area (Å²) in [5.74, 6) is 6.92. The molecule has 0 atom stereocenters. The number of nitrogens with zero attached hydrogens (tertiary/aromatic N) is 3. The normalized spacial score (nSPS) is 10.6. The molecule has 28 heavy (non-hydrogen) atoms. The number of carbonyl (C=O) groups is 1. The predicted octanol–water partition coefficient (Wildman–Crippen LogP) is 2.26. The molecule has 1 aromatic heterocycles. The van der Waals surface area contributed by atoms with Crippen LogP contribution < -0.4 is 15.9 Å². The van der Waals surface area contributed by atoms with Gasteiger partial charge in [0.05, 0.1) is 18.4 Å². The molecule has 0 bridgehead atoms. The minimum Gasteiger partial charge on any atom is -0.496 e. The number of amides is 1. The van der Waals surface area contributed by atoms with E-state index in [2.05, 4.69) is 15.5 Å². The van der Waals surface area contributed by atoms with Crippen LogP contribution in [0.5, 0.6) is 5.75 Å². The molecule has 0 aliphatic carbocycles. The number of aromatic nitrogens is 3. The molecule has 0 saturated heterocycles. The predicted molar refractivity (Wildman–Crippen MR) is 106 cm³/mol. The molecule has 1 amide bonds.